The molecule has 0 spiro atoms. The van der Waals surface area contributed by atoms with E-state index in [0.717, 1.165) is 0 Å². The molecule has 2 heterocycles. The first-order valence-electron chi connectivity index (χ1n) is 7.21. The average Bonchev–Trinajstić information content (AvgIpc) is 2.61. The molecule has 0 unspecified atom stereocenters. The fourth-order valence-electron chi connectivity index (χ4n) is 2.40. The fourth-order valence-corrected chi connectivity index (χ4v) is 2.40. The molecule has 0 fully saturated rings. The monoisotopic (exact) mass is 326 g/mol. The van der Waals surface area contributed by atoms with Crippen molar-refractivity contribution in [1.29, 1.82) is 0 Å². The minimum atomic E-state index is -0.537. The van der Waals surface area contributed by atoms with Crippen molar-refractivity contribution in [2.75, 3.05) is 13.7 Å². The van der Waals surface area contributed by atoms with Crippen LogP contribution in [0.1, 0.15) is 0 Å². The quantitative estimate of drug-likeness (QED) is 0.525. The van der Waals surface area contributed by atoms with Crippen molar-refractivity contribution in [3.05, 3.63) is 63.1 Å². The van der Waals surface area contributed by atoms with E-state index in [-0.39, 0.29) is 23.2 Å². The lowest BCUT2D eigenvalue weighted by molar-refractivity contribution is -0.384. The molecule has 1 aromatic carbocycles. The van der Waals surface area contributed by atoms with Gasteiger partial charge in [-0.15, -0.1) is 0 Å². The number of aromatic nitrogens is 3. The summed E-state index contributed by atoms with van der Waals surface area (Å²) >= 11 is 0. The van der Waals surface area contributed by atoms with Crippen molar-refractivity contribution in [1.82, 2.24) is 14.5 Å². The number of nitro groups is 1. The number of non-ortho nitro benzene ring substituents is 1. The highest BCUT2D eigenvalue weighted by molar-refractivity contribution is 5.81. The Bertz CT molecular complexity index is 953. The number of hydrogen-bond donors (Lipinski definition) is 0. The molecule has 0 saturated carbocycles. The molecule has 8 nitrogen and oxygen atoms in total. The van der Waals surface area contributed by atoms with Crippen molar-refractivity contribution >= 4 is 16.6 Å². The van der Waals surface area contributed by atoms with Gasteiger partial charge in [0.1, 0.15) is 5.69 Å². The Labute approximate surface area is 136 Å². The summed E-state index contributed by atoms with van der Waals surface area (Å²) in [4.78, 5) is 32.0. The smallest absolute Gasteiger partial charge is 0.270 e. The topological polar surface area (TPSA) is 100 Å². The predicted molar refractivity (Wildman–Crippen MR) is 87.8 cm³/mol. The number of hydrogen-bond acceptors (Lipinski definition) is 6. The van der Waals surface area contributed by atoms with Gasteiger partial charge in [-0.05, 0) is 18.2 Å². The van der Waals surface area contributed by atoms with Crippen LogP contribution >= 0.6 is 0 Å². The van der Waals surface area contributed by atoms with Gasteiger partial charge in [0.05, 0.1) is 29.0 Å². The second kappa shape index (κ2) is 6.55. The lowest BCUT2D eigenvalue weighted by atomic mass is 10.2. The van der Waals surface area contributed by atoms with Crippen LogP contribution in [0.3, 0.4) is 0 Å². The molecule has 2 aromatic heterocycles. The summed E-state index contributed by atoms with van der Waals surface area (Å²) in [5, 5.41) is 11.1. The van der Waals surface area contributed by atoms with Crippen molar-refractivity contribution in [2.45, 2.75) is 6.54 Å². The number of fused-ring (bicyclic) bond motifs is 1. The number of ether oxygens (including phenoxy) is 1. The van der Waals surface area contributed by atoms with E-state index in [9.17, 15) is 14.9 Å². The third kappa shape index (κ3) is 2.86. The Morgan fingerprint density at radius 1 is 1.29 bits per heavy atom. The molecule has 0 N–H and O–H groups in total. The molecular formula is C16H14N4O4. The number of nitrogens with zero attached hydrogens (tertiary/aromatic N) is 4. The second-order valence-electron chi connectivity index (χ2n) is 5.06. The molecule has 0 bridgehead atoms. The van der Waals surface area contributed by atoms with Gasteiger partial charge in [-0.3, -0.25) is 24.5 Å². The van der Waals surface area contributed by atoms with E-state index in [0.29, 0.717) is 23.6 Å². The largest absolute Gasteiger partial charge is 0.383 e. The molecular weight excluding hydrogens is 312 g/mol. The van der Waals surface area contributed by atoms with Crippen molar-refractivity contribution in [2.24, 2.45) is 0 Å². The minimum Gasteiger partial charge on any atom is -0.383 e. The van der Waals surface area contributed by atoms with Gasteiger partial charge in [0, 0.05) is 25.4 Å². The summed E-state index contributed by atoms with van der Waals surface area (Å²) in [5.74, 6) is 0.402. The molecule has 3 aromatic rings. The molecule has 0 atom stereocenters. The van der Waals surface area contributed by atoms with Crippen LogP contribution in [0.4, 0.5) is 5.69 Å². The van der Waals surface area contributed by atoms with Crippen LogP contribution < -0.4 is 5.56 Å². The van der Waals surface area contributed by atoms with Crippen LogP contribution in [-0.2, 0) is 11.3 Å². The van der Waals surface area contributed by atoms with E-state index in [1.54, 1.807) is 24.4 Å². The zero-order valence-electron chi connectivity index (χ0n) is 12.9. The lowest BCUT2D eigenvalue weighted by Crippen LogP contribution is -2.25. The molecule has 0 saturated heterocycles. The van der Waals surface area contributed by atoms with Crippen LogP contribution in [0.2, 0.25) is 0 Å². The van der Waals surface area contributed by atoms with Gasteiger partial charge in [-0.25, -0.2) is 4.98 Å². The van der Waals surface area contributed by atoms with Gasteiger partial charge in [0.2, 0.25) is 0 Å². The number of pyridine rings is 1. The third-order valence-electron chi connectivity index (χ3n) is 3.56. The molecule has 3 rings (SSSR count). The highest BCUT2D eigenvalue weighted by atomic mass is 16.6. The Balaban J connectivity index is 2.29. The highest BCUT2D eigenvalue weighted by Crippen LogP contribution is 2.20. The Morgan fingerprint density at radius 3 is 2.79 bits per heavy atom. The Morgan fingerprint density at radius 2 is 2.12 bits per heavy atom. The summed E-state index contributed by atoms with van der Waals surface area (Å²) in [5.41, 5.74) is 0.428. The number of benzene rings is 1. The van der Waals surface area contributed by atoms with Crippen LogP contribution in [0.15, 0.2) is 47.4 Å². The van der Waals surface area contributed by atoms with Crippen LogP contribution in [0.5, 0.6) is 0 Å². The van der Waals surface area contributed by atoms with Gasteiger partial charge in [-0.1, -0.05) is 6.07 Å². The molecule has 8 heteroatoms. The summed E-state index contributed by atoms with van der Waals surface area (Å²) in [6.45, 7) is 0.578. The molecule has 122 valence electrons. The van der Waals surface area contributed by atoms with E-state index >= 15 is 0 Å². The first kappa shape index (κ1) is 15.8. The maximum Gasteiger partial charge on any atom is 0.270 e. The first-order chi connectivity index (χ1) is 11.6. The van der Waals surface area contributed by atoms with Gasteiger partial charge in [0.15, 0.2) is 5.82 Å². The van der Waals surface area contributed by atoms with E-state index in [4.69, 9.17) is 4.74 Å². The summed E-state index contributed by atoms with van der Waals surface area (Å²) in [7, 11) is 1.53. The zero-order chi connectivity index (χ0) is 17.1. The SMILES string of the molecule is COCCn1c(-c2ccccn2)nc2ccc([N+](=O)[O-])cc2c1=O. The maximum absolute atomic E-state index is 12.8. The summed E-state index contributed by atoms with van der Waals surface area (Å²) in [6.07, 6.45) is 1.61. The standard InChI is InChI=1S/C16H14N4O4/c1-24-9-8-19-15(14-4-2-3-7-17-14)18-13-6-5-11(20(22)23)10-12(13)16(19)21/h2-7,10H,8-9H2,1H3. The second-order valence-corrected chi connectivity index (χ2v) is 5.06. The van der Waals surface area contributed by atoms with Crippen molar-refractivity contribution in [3.8, 4) is 11.5 Å². The molecule has 0 aliphatic rings. The van der Waals surface area contributed by atoms with Crippen molar-refractivity contribution in [3.63, 3.8) is 0 Å². The van der Waals surface area contributed by atoms with E-state index in [1.807, 2.05) is 0 Å². The molecule has 0 aliphatic carbocycles. The normalized spacial score (nSPS) is 10.9. The van der Waals surface area contributed by atoms with Gasteiger partial charge >= 0.3 is 0 Å². The maximum atomic E-state index is 12.8. The zero-order valence-corrected chi connectivity index (χ0v) is 12.9. The van der Waals surface area contributed by atoms with Gasteiger partial charge < -0.3 is 4.74 Å². The molecule has 24 heavy (non-hydrogen) atoms. The fraction of sp³-hybridized carbons (Fsp3) is 0.188. The lowest BCUT2D eigenvalue weighted by Gasteiger charge is -2.12. The van der Waals surface area contributed by atoms with E-state index in [1.165, 1.54) is 29.9 Å². The summed E-state index contributed by atoms with van der Waals surface area (Å²) in [6, 6.07) is 9.37. The molecule has 0 radical (unpaired) electrons. The van der Waals surface area contributed by atoms with Gasteiger partial charge in [0.25, 0.3) is 11.2 Å². The summed E-state index contributed by atoms with van der Waals surface area (Å²) < 4.78 is 6.48. The number of nitro benzene ring substituents is 1. The van der Waals surface area contributed by atoms with Crippen LogP contribution in [-0.4, -0.2) is 33.2 Å². The van der Waals surface area contributed by atoms with E-state index < -0.39 is 4.92 Å². The first-order valence-corrected chi connectivity index (χ1v) is 7.21. The third-order valence-corrected chi connectivity index (χ3v) is 3.56. The predicted octanol–water partition coefficient (Wildman–Crippen LogP) is 2.01. The molecule has 0 amide bonds. The van der Waals surface area contributed by atoms with Crippen LogP contribution in [0, 0.1) is 10.1 Å². The van der Waals surface area contributed by atoms with E-state index in [2.05, 4.69) is 9.97 Å². The average molecular weight is 326 g/mol. The Kier molecular flexibility index (Phi) is 4.30. The number of rotatable bonds is 5. The highest BCUT2D eigenvalue weighted by Gasteiger charge is 2.16. The van der Waals surface area contributed by atoms with Crippen LogP contribution in [0.25, 0.3) is 22.4 Å². The minimum absolute atomic E-state index is 0.148. The van der Waals surface area contributed by atoms with Crippen molar-refractivity contribution < 1.29 is 9.66 Å². The Hall–Kier alpha value is -3.13. The van der Waals surface area contributed by atoms with Gasteiger partial charge in [-0.2, -0.15) is 0 Å². The number of methoxy groups -OCH3 is 1. The molecule has 0 aliphatic heterocycles.